The van der Waals surface area contributed by atoms with Gasteiger partial charge in [0.15, 0.2) is 0 Å². The summed E-state index contributed by atoms with van der Waals surface area (Å²) in [7, 11) is 1.58. The second-order valence-corrected chi connectivity index (χ2v) is 5.17. The van der Waals surface area contributed by atoms with Crippen LogP contribution in [-0.2, 0) is 9.59 Å². The van der Waals surface area contributed by atoms with Gasteiger partial charge in [0.25, 0.3) is 0 Å². The van der Waals surface area contributed by atoms with Gasteiger partial charge in [-0.05, 0) is 23.6 Å². The lowest BCUT2D eigenvalue weighted by Crippen LogP contribution is -2.34. The molecule has 0 bridgehead atoms. The fourth-order valence-corrected chi connectivity index (χ4v) is 1.94. The molecule has 110 valence electrons. The molecule has 0 spiro atoms. The van der Waals surface area contributed by atoms with Gasteiger partial charge in [0.2, 0.25) is 5.91 Å². The smallest absolute Gasteiger partial charge is 0.308 e. The maximum Gasteiger partial charge on any atom is 0.308 e. The van der Waals surface area contributed by atoms with Gasteiger partial charge in [-0.25, -0.2) is 4.39 Å². The Morgan fingerprint density at radius 1 is 1.35 bits per heavy atom. The van der Waals surface area contributed by atoms with Crippen LogP contribution in [0, 0.1) is 11.7 Å². The molecular formula is C15H20FNO3. The molecule has 1 rings (SSSR count). The van der Waals surface area contributed by atoms with Crippen molar-refractivity contribution in [2.45, 2.75) is 26.2 Å². The van der Waals surface area contributed by atoms with Gasteiger partial charge in [0.05, 0.1) is 5.92 Å². The van der Waals surface area contributed by atoms with E-state index in [1.807, 2.05) is 6.92 Å². The monoisotopic (exact) mass is 281 g/mol. The molecule has 5 heteroatoms. The van der Waals surface area contributed by atoms with Crippen molar-refractivity contribution in [3.8, 4) is 0 Å². The van der Waals surface area contributed by atoms with Gasteiger partial charge in [-0.1, -0.05) is 26.0 Å². The van der Waals surface area contributed by atoms with Crippen molar-refractivity contribution >= 4 is 11.9 Å². The number of carboxylic acids is 1. The molecule has 0 aromatic heterocycles. The third kappa shape index (κ3) is 4.64. The Labute approximate surface area is 118 Å². The van der Waals surface area contributed by atoms with Gasteiger partial charge < -0.3 is 10.0 Å². The maximum atomic E-state index is 13.1. The molecule has 0 saturated carbocycles. The third-order valence-corrected chi connectivity index (χ3v) is 3.29. The molecule has 0 saturated heterocycles. The number of halogens is 1. The van der Waals surface area contributed by atoms with E-state index < -0.39 is 11.9 Å². The Bertz CT molecular complexity index is 490. The predicted octanol–water partition coefficient (Wildman–Crippen LogP) is 2.50. The van der Waals surface area contributed by atoms with Crippen LogP contribution in [0.15, 0.2) is 24.3 Å². The van der Waals surface area contributed by atoms with Crippen LogP contribution in [-0.4, -0.2) is 35.5 Å². The minimum absolute atomic E-state index is 0.110. The second-order valence-electron chi connectivity index (χ2n) is 5.17. The number of hydrogen-bond acceptors (Lipinski definition) is 2. The quantitative estimate of drug-likeness (QED) is 0.871. The normalized spacial score (nSPS) is 13.6. The summed E-state index contributed by atoms with van der Waals surface area (Å²) in [6.45, 7) is 3.58. The summed E-state index contributed by atoms with van der Waals surface area (Å²) in [4.78, 5) is 24.2. The Kier molecular flexibility index (Phi) is 5.67. The van der Waals surface area contributed by atoms with Gasteiger partial charge in [-0.15, -0.1) is 0 Å². The fraction of sp³-hybridized carbons (Fsp3) is 0.467. The molecule has 0 heterocycles. The molecule has 0 aliphatic heterocycles. The van der Waals surface area contributed by atoms with Crippen LogP contribution >= 0.6 is 0 Å². The van der Waals surface area contributed by atoms with Crippen molar-refractivity contribution in [1.29, 1.82) is 0 Å². The molecule has 4 nitrogen and oxygen atoms in total. The lowest BCUT2D eigenvalue weighted by molar-refractivity contribution is -0.142. The van der Waals surface area contributed by atoms with Gasteiger partial charge in [0, 0.05) is 20.0 Å². The van der Waals surface area contributed by atoms with Crippen LogP contribution in [0.25, 0.3) is 0 Å². The van der Waals surface area contributed by atoms with E-state index in [4.69, 9.17) is 5.11 Å². The van der Waals surface area contributed by atoms with Crippen LogP contribution in [0.5, 0.6) is 0 Å². The first-order chi connectivity index (χ1) is 9.31. The summed E-state index contributed by atoms with van der Waals surface area (Å²) < 4.78 is 13.1. The summed E-state index contributed by atoms with van der Waals surface area (Å²) >= 11 is 0. The Balaban J connectivity index is 2.59. The number of carbonyl (C=O) groups is 2. The highest BCUT2D eigenvalue weighted by Gasteiger charge is 2.19. The molecular weight excluding hydrogens is 261 g/mol. The van der Waals surface area contributed by atoms with Crippen molar-refractivity contribution in [3.63, 3.8) is 0 Å². The van der Waals surface area contributed by atoms with E-state index in [0.29, 0.717) is 0 Å². The van der Waals surface area contributed by atoms with E-state index >= 15 is 0 Å². The van der Waals surface area contributed by atoms with Crippen molar-refractivity contribution in [3.05, 3.63) is 35.6 Å². The van der Waals surface area contributed by atoms with E-state index in [2.05, 4.69) is 0 Å². The first-order valence-corrected chi connectivity index (χ1v) is 6.53. The number of nitrogens with zero attached hydrogens (tertiary/aromatic N) is 1. The highest BCUT2D eigenvalue weighted by molar-refractivity contribution is 5.78. The Hall–Kier alpha value is -1.91. The van der Waals surface area contributed by atoms with Crippen molar-refractivity contribution in [2.24, 2.45) is 5.92 Å². The first-order valence-electron chi connectivity index (χ1n) is 6.53. The standard InChI is InChI=1S/C15H20FNO3/c1-10(12-5-4-6-13(16)8-12)7-14(18)17(3)9-11(2)15(19)20/h4-6,8,10-11H,7,9H2,1-3H3,(H,19,20). The van der Waals surface area contributed by atoms with Crippen LogP contribution in [0.2, 0.25) is 0 Å². The molecule has 0 radical (unpaired) electrons. The first kappa shape index (κ1) is 16.1. The fourth-order valence-electron chi connectivity index (χ4n) is 1.94. The average Bonchev–Trinajstić information content (AvgIpc) is 2.38. The van der Waals surface area contributed by atoms with E-state index in [1.54, 1.807) is 26.1 Å². The molecule has 1 amide bonds. The van der Waals surface area contributed by atoms with Crippen molar-refractivity contribution in [1.82, 2.24) is 4.90 Å². The summed E-state index contributed by atoms with van der Waals surface area (Å²) in [6.07, 6.45) is 0.228. The molecule has 1 aromatic carbocycles. The number of hydrogen-bond donors (Lipinski definition) is 1. The van der Waals surface area contributed by atoms with Gasteiger partial charge in [0.1, 0.15) is 5.82 Å². The second kappa shape index (κ2) is 7.03. The molecule has 2 atom stereocenters. The highest BCUT2D eigenvalue weighted by atomic mass is 19.1. The van der Waals surface area contributed by atoms with Gasteiger partial charge in [-0.3, -0.25) is 9.59 Å². The minimum atomic E-state index is -0.928. The van der Waals surface area contributed by atoms with Crippen LogP contribution in [0.4, 0.5) is 4.39 Å². The summed E-state index contributed by atoms with van der Waals surface area (Å²) in [5, 5.41) is 8.82. The van der Waals surface area contributed by atoms with E-state index in [0.717, 1.165) is 5.56 Å². The van der Waals surface area contributed by atoms with Crippen molar-refractivity contribution in [2.75, 3.05) is 13.6 Å². The molecule has 0 aliphatic carbocycles. The van der Waals surface area contributed by atoms with Crippen LogP contribution in [0.1, 0.15) is 31.7 Å². The summed E-state index contributed by atoms with van der Waals surface area (Å²) in [5.74, 6) is -2.11. The maximum absolute atomic E-state index is 13.1. The van der Waals surface area contributed by atoms with Gasteiger partial charge in [-0.2, -0.15) is 0 Å². The topological polar surface area (TPSA) is 57.6 Å². The summed E-state index contributed by atoms with van der Waals surface area (Å²) in [6, 6.07) is 6.17. The summed E-state index contributed by atoms with van der Waals surface area (Å²) in [5.41, 5.74) is 0.762. The lowest BCUT2D eigenvalue weighted by atomic mass is 9.97. The van der Waals surface area contributed by atoms with Crippen LogP contribution in [0.3, 0.4) is 0 Å². The zero-order valence-corrected chi connectivity index (χ0v) is 12.0. The lowest BCUT2D eigenvalue weighted by Gasteiger charge is -2.21. The molecule has 1 aromatic rings. The van der Waals surface area contributed by atoms with E-state index in [-0.39, 0.29) is 30.6 Å². The molecule has 2 unspecified atom stereocenters. The number of carbonyl (C=O) groups excluding carboxylic acids is 1. The molecule has 20 heavy (non-hydrogen) atoms. The molecule has 1 N–H and O–H groups in total. The van der Waals surface area contributed by atoms with Gasteiger partial charge >= 0.3 is 5.97 Å². The number of carboxylic acid groups (broad SMARTS) is 1. The van der Waals surface area contributed by atoms with Crippen molar-refractivity contribution < 1.29 is 19.1 Å². The zero-order chi connectivity index (χ0) is 15.3. The zero-order valence-electron chi connectivity index (χ0n) is 12.0. The number of rotatable bonds is 6. The largest absolute Gasteiger partial charge is 0.481 e. The predicted molar refractivity (Wildman–Crippen MR) is 73.9 cm³/mol. The van der Waals surface area contributed by atoms with E-state index in [9.17, 15) is 14.0 Å². The molecule has 0 fully saturated rings. The third-order valence-electron chi connectivity index (χ3n) is 3.29. The SMILES string of the molecule is CC(CN(C)C(=O)CC(C)c1cccc(F)c1)C(=O)O. The number of benzene rings is 1. The molecule has 0 aliphatic rings. The Morgan fingerprint density at radius 3 is 2.55 bits per heavy atom. The minimum Gasteiger partial charge on any atom is -0.481 e. The van der Waals surface area contributed by atoms with E-state index in [1.165, 1.54) is 17.0 Å². The number of amides is 1. The van der Waals surface area contributed by atoms with Crippen LogP contribution < -0.4 is 0 Å². The average molecular weight is 281 g/mol. The highest BCUT2D eigenvalue weighted by Crippen LogP contribution is 2.20. The Morgan fingerprint density at radius 2 is 2.00 bits per heavy atom. The number of aliphatic carboxylic acids is 1.